The van der Waals surface area contributed by atoms with Crippen molar-refractivity contribution in [3.05, 3.63) is 32.8 Å². The molecule has 0 spiro atoms. The van der Waals surface area contributed by atoms with Crippen molar-refractivity contribution in [2.75, 3.05) is 18.9 Å². The second kappa shape index (κ2) is 6.12. The van der Waals surface area contributed by atoms with E-state index < -0.39 is 11.1 Å². The smallest absolute Gasteiger partial charge is 0.316 e. The van der Waals surface area contributed by atoms with Gasteiger partial charge in [-0.2, -0.15) is 0 Å². The minimum Gasteiger partial charge on any atom is -0.382 e. The fourth-order valence-electron chi connectivity index (χ4n) is 2.91. The summed E-state index contributed by atoms with van der Waals surface area (Å²) >= 11 is 0. The molecule has 8 nitrogen and oxygen atoms in total. The summed E-state index contributed by atoms with van der Waals surface area (Å²) in [4.78, 5) is 28.4. The van der Waals surface area contributed by atoms with E-state index in [1.165, 1.54) is 9.13 Å². The Morgan fingerprint density at radius 1 is 1.08 bits per heavy atom. The molecule has 0 unspecified atom stereocenters. The molecule has 0 fully saturated rings. The van der Waals surface area contributed by atoms with Gasteiger partial charge in [0.2, 0.25) is 5.95 Å². The van der Waals surface area contributed by atoms with E-state index in [0.29, 0.717) is 42.3 Å². The highest BCUT2D eigenvalue weighted by Gasteiger charge is 2.14. The lowest BCUT2D eigenvalue weighted by atomic mass is 10.2. The van der Waals surface area contributed by atoms with Gasteiger partial charge < -0.3 is 24.2 Å². The van der Waals surface area contributed by atoms with Gasteiger partial charge in [-0.1, -0.05) is 0 Å². The Balaban J connectivity index is 2.19. The lowest BCUT2D eigenvalue weighted by molar-refractivity contribution is 0.142. The Morgan fingerprint density at radius 3 is 2.33 bits per heavy atom. The van der Waals surface area contributed by atoms with Gasteiger partial charge in [0.05, 0.1) is 22.1 Å². The molecule has 3 rings (SSSR count). The zero-order chi connectivity index (χ0) is 17.4. The van der Waals surface area contributed by atoms with Crippen LogP contribution in [-0.4, -0.2) is 31.9 Å². The van der Waals surface area contributed by atoms with Crippen molar-refractivity contribution in [2.45, 2.75) is 19.9 Å². The number of anilines is 1. The summed E-state index contributed by atoms with van der Waals surface area (Å²) in [5.74, 6) is 0.409. The maximum absolute atomic E-state index is 12.0. The van der Waals surface area contributed by atoms with Gasteiger partial charge in [0.15, 0.2) is 0 Å². The van der Waals surface area contributed by atoms with Crippen LogP contribution in [0.5, 0.6) is 0 Å². The van der Waals surface area contributed by atoms with Gasteiger partial charge in [-0.3, -0.25) is 9.59 Å². The maximum Gasteiger partial charge on any atom is 0.316 e. The molecule has 0 atom stereocenters. The van der Waals surface area contributed by atoms with Gasteiger partial charge in [-0.15, -0.1) is 0 Å². The van der Waals surface area contributed by atoms with E-state index in [0.717, 1.165) is 11.9 Å². The van der Waals surface area contributed by atoms with E-state index in [4.69, 9.17) is 10.5 Å². The van der Waals surface area contributed by atoms with Crippen LogP contribution in [0.3, 0.4) is 0 Å². The standard InChI is InChI=1S/C16H21N5O3/c1-4-24-7-5-6-21-11-9-13-12(8-10(11)18-16(21)17)19(2)14(22)15(23)20(13)3/h8-9H,4-7H2,1-3H3,(H2,17,18). The van der Waals surface area contributed by atoms with Crippen LogP contribution in [-0.2, 0) is 25.4 Å². The van der Waals surface area contributed by atoms with Gasteiger partial charge in [0.25, 0.3) is 0 Å². The molecule has 24 heavy (non-hydrogen) atoms. The summed E-state index contributed by atoms with van der Waals surface area (Å²) in [6.07, 6.45) is 0.813. The lowest BCUT2D eigenvalue weighted by Crippen LogP contribution is -2.39. The van der Waals surface area contributed by atoms with Crippen molar-refractivity contribution >= 4 is 28.0 Å². The Bertz CT molecular complexity index is 1030. The molecule has 2 heterocycles. The van der Waals surface area contributed by atoms with E-state index in [-0.39, 0.29) is 0 Å². The van der Waals surface area contributed by atoms with Crippen molar-refractivity contribution < 1.29 is 4.74 Å². The Morgan fingerprint density at radius 2 is 1.71 bits per heavy atom. The molecular formula is C16H21N5O3. The van der Waals surface area contributed by atoms with Gasteiger partial charge >= 0.3 is 11.1 Å². The predicted molar refractivity (Wildman–Crippen MR) is 93.2 cm³/mol. The number of hydrogen-bond acceptors (Lipinski definition) is 5. The van der Waals surface area contributed by atoms with Gasteiger partial charge in [-0.05, 0) is 25.5 Å². The Kier molecular flexibility index (Phi) is 4.15. The zero-order valence-corrected chi connectivity index (χ0v) is 14.1. The van der Waals surface area contributed by atoms with Crippen molar-refractivity contribution in [1.29, 1.82) is 0 Å². The molecule has 128 valence electrons. The highest BCUT2D eigenvalue weighted by atomic mass is 16.5. The third-order valence-corrected chi connectivity index (χ3v) is 4.26. The first-order valence-electron chi connectivity index (χ1n) is 7.89. The fraction of sp³-hybridized carbons (Fsp3) is 0.438. The number of benzene rings is 1. The number of nitrogens with two attached hydrogens (primary N) is 1. The molecule has 2 aromatic heterocycles. The number of hydrogen-bond donors (Lipinski definition) is 1. The zero-order valence-electron chi connectivity index (χ0n) is 14.1. The van der Waals surface area contributed by atoms with Crippen molar-refractivity contribution in [3.63, 3.8) is 0 Å². The molecule has 8 heteroatoms. The summed E-state index contributed by atoms with van der Waals surface area (Å²) in [5.41, 5.74) is 7.77. The average Bonchev–Trinajstić information content (AvgIpc) is 2.88. The van der Waals surface area contributed by atoms with Crippen LogP contribution < -0.4 is 16.9 Å². The minimum atomic E-state index is -0.562. The number of rotatable bonds is 5. The number of imidazole rings is 1. The first-order chi connectivity index (χ1) is 11.5. The molecule has 0 bridgehead atoms. The molecule has 0 saturated carbocycles. The van der Waals surface area contributed by atoms with Gasteiger partial charge in [-0.25, -0.2) is 4.98 Å². The van der Waals surface area contributed by atoms with Crippen LogP contribution in [0.4, 0.5) is 5.95 Å². The monoisotopic (exact) mass is 331 g/mol. The summed E-state index contributed by atoms with van der Waals surface area (Å²) in [5, 5.41) is 0. The lowest BCUT2D eigenvalue weighted by Gasteiger charge is -2.10. The SMILES string of the molecule is CCOCCCn1c(N)nc2cc3c(cc21)n(C)c(=O)c(=O)n3C. The third kappa shape index (κ3) is 2.48. The molecule has 1 aromatic carbocycles. The van der Waals surface area contributed by atoms with Crippen LogP contribution in [0, 0.1) is 0 Å². The first-order valence-corrected chi connectivity index (χ1v) is 7.89. The van der Waals surface area contributed by atoms with E-state index in [9.17, 15) is 9.59 Å². The molecule has 2 N–H and O–H groups in total. The normalized spacial score (nSPS) is 11.6. The molecule has 3 aromatic rings. The number of ether oxygens (including phenoxy) is 1. The van der Waals surface area contributed by atoms with Crippen molar-refractivity contribution in [3.8, 4) is 0 Å². The molecular weight excluding hydrogens is 310 g/mol. The molecule has 0 aliphatic carbocycles. The number of aryl methyl sites for hydroxylation is 3. The summed E-state index contributed by atoms with van der Waals surface area (Å²) < 4.78 is 9.98. The molecule has 0 aliphatic rings. The van der Waals surface area contributed by atoms with Crippen LogP contribution in [0.15, 0.2) is 21.7 Å². The van der Waals surface area contributed by atoms with Crippen LogP contribution in [0.2, 0.25) is 0 Å². The Labute approximate surface area is 138 Å². The quantitative estimate of drug-likeness (QED) is 0.545. The molecule has 0 amide bonds. The maximum atomic E-state index is 12.0. The van der Waals surface area contributed by atoms with E-state index in [1.54, 1.807) is 20.2 Å². The number of nitrogens with zero attached hydrogens (tertiary/aromatic N) is 4. The topological polar surface area (TPSA) is 97.1 Å². The molecule has 0 aliphatic heterocycles. The highest BCUT2D eigenvalue weighted by Crippen LogP contribution is 2.23. The Hall–Kier alpha value is -2.61. The number of aromatic nitrogens is 4. The number of fused-ring (bicyclic) bond motifs is 2. The van der Waals surface area contributed by atoms with Crippen LogP contribution in [0.25, 0.3) is 22.1 Å². The fourth-order valence-corrected chi connectivity index (χ4v) is 2.91. The highest BCUT2D eigenvalue weighted by molar-refractivity contribution is 5.92. The summed E-state index contributed by atoms with van der Waals surface area (Å²) in [7, 11) is 3.18. The average molecular weight is 331 g/mol. The van der Waals surface area contributed by atoms with Gasteiger partial charge in [0, 0.05) is 33.9 Å². The van der Waals surface area contributed by atoms with E-state index in [1.807, 2.05) is 17.6 Å². The van der Waals surface area contributed by atoms with E-state index >= 15 is 0 Å². The van der Waals surface area contributed by atoms with E-state index in [2.05, 4.69) is 4.98 Å². The minimum absolute atomic E-state index is 0.409. The second-order valence-corrected chi connectivity index (χ2v) is 5.73. The molecule has 0 saturated heterocycles. The third-order valence-electron chi connectivity index (χ3n) is 4.26. The summed E-state index contributed by atoms with van der Waals surface area (Å²) in [6.45, 7) is 3.96. The summed E-state index contributed by atoms with van der Waals surface area (Å²) in [6, 6.07) is 3.65. The molecule has 0 radical (unpaired) electrons. The largest absolute Gasteiger partial charge is 0.382 e. The van der Waals surface area contributed by atoms with Gasteiger partial charge in [0.1, 0.15) is 0 Å². The van der Waals surface area contributed by atoms with Crippen LogP contribution >= 0.6 is 0 Å². The first kappa shape index (κ1) is 16.3. The van der Waals surface area contributed by atoms with Crippen molar-refractivity contribution in [1.82, 2.24) is 18.7 Å². The number of nitrogen functional groups attached to an aromatic ring is 1. The van der Waals surface area contributed by atoms with Crippen molar-refractivity contribution in [2.24, 2.45) is 14.1 Å². The second-order valence-electron chi connectivity index (χ2n) is 5.73. The van der Waals surface area contributed by atoms with Crippen LogP contribution in [0.1, 0.15) is 13.3 Å². The predicted octanol–water partition coefficient (Wildman–Crippen LogP) is 0.596.